The quantitative estimate of drug-likeness (QED) is 0.304. The summed E-state index contributed by atoms with van der Waals surface area (Å²) in [4.78, 5) is 38.6. The van der Waals surface area contributed by atoms with E-state index < -0.39 is 23.6 Å². The van der Waals surface area contributed by atoms with Crippen molar-refractivity contribution in [3.8, 4) is 11.5 Å². The third kappa shape index (κ3) is 6.52. The van der Waals surface area contributed by atoms with Crippen LogP contribution in [0.3, 0.4) is 0 Å². The number of thioether (sulfide) groups is 1. The summed E-state index contributed by atoms with van der Waals surface area (Å²) in [7, 11) is 1.54. The largest absolute Gasteiger partial charge is 0.493 e. The van der Waals surface area contributed by atoms with Crippen LogP contribution in [-0.4, -0.2) is 42.2 Å². The van der Waals surface area contributed by atoms with Crippen LogP contribution in [0.25, 0.3) is 6.08 Å². The first-order valence-corrected chi connectivity index (χ1v) is 12.1. The second-order valence-corrected chi connectivity index (χ2v) is 9.31. The van der Waals surface area contributed by atoms with Crippen LogP contribution in [0, 0.1) is 0 Å². The van der Waals surface area contributed by atoms with Gasteiger partial charge in [-0.1, -0.05) is 31.0 Å². The van der Waals surface area contributed by atoms with Gasteiger partial charge in [-0.3, -0.25) is 19.3 Å². The molecule has 174 valence electrons. The molecule has 0 bridgehead atoms. The molecule has 33 heavy (non-hydrogen) atoms. The van der Waals surface area contributed by atoms with Crippen LogP contribution in [0.4, 0.5) is 10.5 Å². The van der Waals surface area contributed by atoms with Crippen LogP contribution in [0.2, 0.25) is 5.02 Å². The summed E-state index contributed by atoms with van der Waals surface area (Å²) >= 11 is 10.1. The Bertz CT molecular complexity index is 1110. The van der Waals surface area contributed by atoms with Gasteiger partial charge in [0, 0.05) is 10.2 Å². The molecule has 0 saturated carbocycles. The van der Waals surface area contributed by atoms with E-state index in [0.29, 0.717) is 38.9 Å². The van der Waals surface area contributed by atoms with Crippen molar-refractivity contribution in [2.24, 2.45) is 0 Å². The van der Waals surface area contributed by atoms with E-state index in [0.717, 1.165) is 29.5 Å². The summed E-state index contributed by atoms with van der Waals surface area (Å²) in [6, 6.07) is 10.2. The molecule has 7 nitrogen and oxygen atoms in total. The molecule has 0 radical (unpaired) electrons. The molecule has 0 aromatic heterocycles. The van der Waals surface area contributed by atoms with Crippen LogP contribution >= 0.6 is 39.3 Å². The fraction of sp³-hybridized carbons (Fsp3) is 0.261. The van der Waals surface area contributed by atoms with Crippen molar-refractivity contribution < 1.29 is 23.9 Å². The van der Waals surface area contributed by atoms with Crippen LogP contribution in [0.1, 0.15) is 25.3 Å². The first-order valence-electron chi connectivity index (χ1n) is 10.1. The fourth-order valence-electron chi connectivity index (χ4n) is 2.93. The van der Waals surface area contributed by atoms with Gasteiger partial charge in [-0.2, -0.15) is 0 Å². The number of ether oxygens (including phenoxy) is 2. The average Bonchev–Trinajstić information content (AvgIpc) is 3.04. The monoisotopic (exact) mass is 552 g/mol. The highest BCUT2D eigenvalue weighted by Crippen LogP contribution is 2.34. The van der Waals surface area contributed by atoms with Crippen molar-refractivity contribution in [3.63, 3.8) is 0 Å². The summed E-state index contributed by atoms with van der Waals surface area (Å²) in [5.41, 5.74) is 1.14. The molecular weight excluding hydrogens is 532 g/mol. The summed E-state index contributed by atoms with van der Waals surface area (Å²) in [6.07, 6.45) is 3.54. The zero-order chi connectivity index (χ0) is 24.0. The second-order valence-electron chi connectivity index (χ2n) is 7.06. The van der Waals surface area contributed by atoms with Gasteiger partial charge in [-0.25, -0.2) is 0 Å². The van der Waals surface area contributed by atoms with Crippen LogP contribution in [-0.2, 0) is 9.59 Å². The first kappa shape index (κ1) is 25.1. The minimum Gasteiger partial charge on any atom is -0.493 e. The number of nitrogens with zero attached hydrogens (tertiary/aromatic N) is 1. The Morgan fingerprint density at radius 3 is 2.70 bits per heavy atom. The Labute approximate surface area is 209 Å². The molecule has 1 heterocycles. The lowest BCUT2D eigenvalue weighted by Gasteiger charge is -2.13. The first-order chi connectivity index (χ1) is 15.8. The highest BCUT2D eigenvalue weighted by Gasteiger charge is 2.36. The summed E-state index contributed by atoms with van der Waals surface area (Å²) < 4.78 is 11.8. The Morgan fingerprint density at radius 1 is 1.21 bits per heavy atom. The van der Waals surface area contributed by atoms with Crippen molar-refractivity contribution in [2.45, 2.75) is 19.8 Å². The molecule has 1 aliphatic heterocycles. The molecule has 0 spiro atoms. The lowest BCUT2D eigenvalue weighted by molar-refractivity contribution is -0.127. The van der Waals surface area contributed by atoms with E-state index in [1.807, 2.05) is 0 Å². The predicted molar refractivity (Wildman–Crippen MR) is 134 cm³/mol. The average molecular weight is 554 g/mol. The third-order valence-electron chi connectivity index (χ3n) is 4.62. The maximum absolute atomic E-state index is 12.8. The zero-order valence-corrected chi connectivity index (χ0v) is 21.2. The van der Waals surface area contributed by atoms with E-state index in [4.69, 9.17) is 21.1 Å². The topological polar surface area (TPSA) is 84.9 Å². The smallest absolute Gasteiger partial charge is 0.294 e. The number of nitrogens with one attached hydrogen (secondary N) is 1. The van der Waals surface area contributed by atoms with Crippen molar-refractivity contribution in [1.82, 2.24) is 4.90 Å². The minimum absolute atomic E-state index is 0.223. The zero-order valence-electron chi connectivity index (χ0n) is 18.0. The molecule has 2 aromatic carbocycles. The van der Waals surface area contributed by atoms with Gasteiger partial charge in [0.1, 0.15) is 6.54 Å². The molecule has 2 aromatic rings. The highest BCUT2D eigenvalue weighted by atomic mass is 79.9. The van der Waals surface area contributed by atoms with Gasteiger partial charge in [0.25, 0.3) is 11.1 Å². The van der Waals surface area contributed by atoms with Gasteiger partial charge in [0.2, 0.25) is 5.91 Å². The number of hydrogen-bond donors (Lipinski definition) is 1. The van der Waals surface area contributed by atoms with Gasteiger partial charge in [-0.05, 0) is 76.1 Å². The third-order valence-corrected chi connectivity index (χ3v) is 6.76. The number of anilines is 1. The van der Waals surface area contributed by atoms with E-state index in [2.05, 4.69) is 28.2 Å². The number of carbonyl (C=O) groups excluding carboxylic acids is 3. The molecule has 1 saturated heterocycles. The Balaban J connectivity index is 1.68. The SMILES string of the molecule is CCCCOc1ccc(/C=C2\SC(=O)N(CC(=O)Nc3ccc(Br)c(Cl)c3)C2=O)cc1OC. The molecule has 3 amide bonds. The Kier molecular flexibility index (Phi) is 8.82. The van der Waals surface area contributed by atoms with Gasteiger partial charge in [0.15, 0.2) is 11.5 Å². The van der Waals surface area contributed by atoms with Crippen molar-refractivity contribution >= 4 is 68.1 Å². The summed E-state index contributed by atoms with van der Waals surface area (Å²) in [6.45, 7) is 2.26. The summed E-state index contributed by atoms with van der Waals surface area (Å²) in [5, 5.41) is 2.55. The maximum atomic E-state index is 12.8. The second kappa shape index (κ2) is 11.6. The molecule has 1 fully saturated rings. The number of carbonyl (C=O) groups is 3. The highest BCUT2D eigenvalue weighted by molar-refractivity contribution is 9.10. The Hall–Kier alpha value is -2.49. The number of hydrogen-bond acceptors (Lipinski definition) is 6. The number of halogens is 2. The van der Waals surface area contributed by atoms with Crippen LogP contribution in [0.15, 0.2) is 45.8 Å². The number of imide groups is 1. The normalized spacial score (nSPS) is 14.7. The van der Waals surface area contributed by atoms with Crippen molar-refractivity contribution in [1.29, 1.82) is 0 Å². The van der Waals surface area contributed by atoms with Crippen molar-refractivity contribution in [3.05, 3.63) is 56.4 Å². The van der Waals surface area contributed by atoms with Crippen LogP contribution in [0.5, 0.6) is 11.5 Å². The lowest BCUT2D eigenvalue weighted by atomic mass is 10.2. The Morgan fingerprint density at radius 2 is 2.00 bits per heavy atom. The number of benzene rings is 2. The number of methoxy groups -OCH3 is 1. The van der Waals surface area contributed by atoms with E-state index in [1.54, 1.807) is 42.5 Å². The fourth-order valence-corrected chi connectivity index (χ4v) is 4.19. The number of unbranched alkanes of at least 4 members (excludes halogenated alkanes) is 1. The van der Waals surface area contributed by atoms with E-state index in [-0.39, 0.29) is 4.91 Å². The lowest BCUT2D eigenvalue weighted by Crippen LogP contribution is -2.36. The van der Waals surface area contributed by atoms with E-state index in [1.165, 1.54) is 7.11 Å². The molecule has 1 N–H and O–H groups in total. The van der Waals surface area contributed by atoms with Gasteiger partial charge in [0.05, 0.1) is 23.6 Å². The standard InChI is InChI=1S/C23H22BrClN2O5S/c1-3-4-9-32-18-8-5-14(10-19(18)31-2)11-20-22(29)27(23(30)33-20)13-21(28)26-15-6-7-16(24)17(25)12-15/h5-8,10-12H,3-4,9,13H2,1-2H3,(H,26,28)/b20-11-. The van der Waals surface area contributed by atoms with Gasteiger partial charge < -0.3 is 14.8 Å². The molecule has 0 unspecified atom stereocenters. The maximum Gasteiger partial charge on any atom is 0.294 e. The molecule has 0 atom stereocenters. The van der Waals surface area contributed by atoms with Gasteiger partial charge >= 0.3 is 0 Å². The van der Waals surface area contributed by atoms with E-state index >= 15 is 0 Å². The van der Waals surface area contributed by atoms with Crippen molar-refractivity contribution in [2.75, 3.05) is 25.6 Å². The van der Waals surface area contributed by atoms with Crippen LogP contribution < -0.4 is 14.8 Å². The molecule has 3 rings (SSSR count). The molecule has 0 aliphatic carbocycles. The number of rotatable bonds is 9. The predicted octanol–water partition coefficient (Wildman–Crippen LogP) is 5.97. The minimum atomic E-state index is -0.531. The molecule has 10 heteroatoms. The van der Waals surface area contributed by atoms with Gasteiger partial charge in [-0.15, -0.1) is 0 Å². The number of amides is 3. The van der Waals surface area contributed by atoms with E-state index in [9.17, 15) is 14.4 Å². The molecular formula is C23H22BrClN2O5S. The summed E-state index contributed by atoms with van der Waals surface area (Å²) in [5.74, 6) is 0.107. The molecule has 1 aliphatic rings.